The highest BCUT2D eigenvalue weighted by Crippen LogP contribution is 2.16. The highest BCUT2D eigenvalue weighted by molar-refractivity contribution is 6.31. The van der Waals surface area contributed by atoms with Crippen molar-refractivity contribution in [3.63, 3.8) is 0 Å². The van der Waals surface area contributed by atoms with E-state index >= 15 is 0 Å². The molecule has 0 aliphatic heterocycles. The molecule has 12 heteroatoms. The Morgan fingerprint density at radius 2 is 1.91 bits per heavy atom. The number of fused-ring (bicyclic) bond motifs is 1. The maximum absolute atomic E-state index is 13.0. The third-order valence-corrected chi connectivity index (χ3v) is 5.61. The van der Waals surface area contributed by atoms with Gasteiger partial charge >= 0.3 is 5.69 Å². The van der Waals surface area contributed by atoms with Gasteiger partial charge in [-0.1, -0.05) is 48.4 Å². The highest BCUT2D eigenvalue weighted by atomic mass is 35.5. The number of nitrogens with zero attached hydrogens (tertiary/aromatic N) is 5. The summed E-state index contributed by atoms with van der Waals surface area (Å²) in [5.74, 6) is 0.0941. The van der Waals surface area contributed by atoms with Gasteiger partial charge in [0.15, 0.2) is 11.2 Å². The Kier molecular flexibility index (Phi) is 7.81. The van der Waals surface area contributed by atoms with Crippen molar-refractivity contribution in [2.24, 2.45) is 5.22 Å². The van der Waals surface area contributed by atoms with Crippen molar-refractivity contribution in [2.45, 2.75) is 45.7 Å². The maximum Gasteiger partial charge on any atom is 0.332 e. The molecule has 0 aliphatic carbocycles. The predicted octanol–water partition coefficient (Wildman–Crippen LogP) is 3.85. The number of hydrogen-bond donors (Lipinski definition) is 3. The Hall–Kier alpha value is -2.98. The molecule has 3 aromatic rings. The van der Waals surface area contributed by atoms with E-state index in [1.165, 1.54) is 9.58 Å². The number of nitrogens with one attached hydrogen (secondary N) is 3. The van der Waals surface area contributed by atoms with E-state index in [0.717, 1.165) is 23.0 Å². The minimum Gasteiger partial charge on any atom is -0.323 e. The van der Waals surface area contributed by atoms with Crippen LogP contribution in [0.25, 0.3) is 11.2 Å². The van der Waals surface area contributed by atoms with Crippen molar-refractivity contribution in [1.82, 2.24) is 24.1 Å². The fraction of sp³-hybridized carbons (Fsp3) is 0.400. The van der Waals surface area contributed by atoms with Gasteiger partial charge in [0, 0.05) is 31.1 Å². The summed E-state index contributed by atoms with van der Waals surface area (Å²) in [5, 5.41) is 13.5. The third kappa shape index (κ3) is 5.08. The first-order chi connectivity index (χ1) is 15.4. The number of amidine groups is 1. The summed E-state index contributed by atoms with van der Waals surface area (Å²) >= 11 is 12.1. The molecule has 0 radical (unpaired) electrons. The van der Waals surface area contributed by atoms with Crippen LogP contribution >= 0.6 is 23.2 Å². The fourth-order valence-electron chi connectivity index (χ4n) is 3.39. The Labute approximate surface area is 193 Å². The molecule has 0 spiro atoms. The van der Waals surface area contributed by atoms with Crippen LogP contribution in [-0.4, -0.2) is 36.5 Å². The molecular formula is C20H24Cl2N8O2. The lowest BCUT2D eigenvalue weighted by molar-refractivity contribution is 0.371. The van der Waals surface area contributed by atoms with Crippen LogP contribution in [0.2, 0.25) is 10.3 Å². The predicted molar refractivity (Wildman–Crippen MR) is 124 cm³/mol. The van der Waals surface area contributed by atoms with E-state index in [-0.39, 0.29) is 41.8 Å². The molecule has 3 N–H and O–H groups in total. The molecule has 32 heavy (non-hydrogen) atoms. The highest BCUT2D eigenvalue weighted by Gasteiger charge is 2.17. The van der Waals surface area contributed by atoms with Crippen LogP contribution in [0.5, 0.6) is 0 Å². The van der Waals surface area contributed by atoms with Crippen LogP contribution in [-0.2, 0) is 19.5 Å². The zero-order valence-electron chi connectivity index (χ0n) is 17.6. The summed E-state index contributed by atoms with van der Waals surface area (Å²) in [6, 6.07) is 7.17. The van der Waals surface area contributed by atoms with Crippen molar-refractivity contribution in [1.29, 1.82) is 10.9 Å². The Morgan fingerprint density at radius 3 is 2.59 bits per heavy atom. The van der Waals surface area contributed by atoms with E-state index in [1.54, 1.807) is 12.1 Å². The Balaban J connectivity index is 1.77. The van der Waals surface area contributed by atoms with Crippen LogP contribution in [0.3, 0.4) is 0 Å². The number of imidazole rings is 1. The number of hydrogen-bond acceptors (Lipinski definition) is 6. The SMILES string of the molecule is CCCCn1c(=O)n(CCCN(N=N)C(=N)Cc2ccccc2Cl)c(=O)c2[nH]c(Cl)nc21. The summed E-state index contributed by atoms with van der Waals surface area (Å²) in [4.78, 5) is 32.6. The molecule has 1 aromatic carbocycles. The second kappa shape index (κ2) is 10.6. The number of aromatic nitrogens is 4. The number of rotatable bonds is 10. The van der Waals surface area contributed by atoms with Gasteiger partial charge in [0.25, 0.3) is 5.56 Å². The smallest absolute Gasteiger partial charge is 0.323 e. The van der Waals surface area contributed by atoms with E-state index in [2.05, 4.69) is 15.2 Å². The van der Waals surface area contributed by atoms with E-state index in [0.29, 0.717) is 18.0 Å². The fourth-order valence-corrected chi connectivity index (χ4v) is 3.77. The summed E-state index contributed by atoms with van der Waals surface area (Å²) in [5.41, 5.74) is 7.64. The largest absolute Gasteiger partial charge is 0.332 e. The van der Waals surface area contributed by atoms with Gasteiger partial charge in [-0.05, 0) is 36.1 Å². The lowest BCUT2D eigenvalue weighted by Gasteiger charge is -2.18. The van der Waals surface area contributed by atoms with Gasteiger partial charge in [-0.2, -0.15) is 10.5 Å². The van der Waals surface area contributed by atoms with Crippen molar-refractivity contribution >= 4 is 40.2 Å². The van der Waals surface area contributed by atoms with Crippen LogP contribution in [0.4, 0.5) is 0 Å². The van der Waals surface area contributed by atoms with Gasteiger partial charge in [-0.3, -0.25) is 19.3 Å². The second-order valence-electron chi connectivity index (χ2n) is 7.26. The van der Waals surface area contributed by atoms with E-state index in [1.807, 2.05) is 19.1 Å². The van der Waals surface area contributed by atoms with Gasteiger partial charge in [-0.25, -0.2) is 9.80 Å². The number of H-pyrrole nitrogens is 1. The normalized spacial score (nSPS) is 11.1. The molecule has 170 valence electrons. The first-order valence-corrected chi connectivity index (χ1v) is 11.0. The number of unbranched alkanes of at least 4 members (excludes halogenated alkanes) is 1. The molecule has 0 atom stereocenters. The lowest BCUT2D eigenvalue weighted by Crippen LogP contribution is -2.41. The quantitative estimate of drug-likeness (QED) is 0.134. The first kappa shape index (κ1) is 23.7. The molecule has 0 unspecified atom stereocenters. The van der Waals surface area contributed by atoms with Gasteiger partial charge in [0.1, 0.15) is 5.84 Å². The van der Waals surface area contributed by atoms with Crippen LogP contribution in [0.1, 0.15) is 31.7 Å². The molecular weight excluding hydrogens is 455 g/mol. The standard InChI is InChI=1S/C20H24Cl2N8O2/c1-2-3-9-28-17-16(25-19(22)26-17)18(31)29(20(28)32)10-6-11-30(27-24)15(23)12-13-7-4-5-8-14(13)21/h4-5,7-8,23-24H,2-3,6,9-12H2,1H3,(H,25,26). The summed E-state index contributed by atoms with van der Waals surface area (Å²) in [6.45, 7) is 2.72. The van der Waals surface area contributed by atoms with Crippen molar-refractivity contribution in [3.8, 4) is 0 Å². The van der Waals surface area contributed by atoms with Crippen LogP contribution < -0.4 is 11.2 Å². The van der Waals surface area contributed by atoms with E-state index in [4.69, 9.17) is 34.1 Å². The monoisotopic (exact) mass is 478 g/mol. The van der Waals surface area contributed by atoms with Gasteiger partial charge in [-0.15, -0.1) is 0 Å². The van der Waals surface area contributed by atoms with Gasteiger partial charge in [0.2, 0.25) is 5.28 Å². The lowest BCUT2D eigenvalue weighted by atomic mass is 10.1. The maximum atomic E-state index is 13.0. The molecule has 2 aromatic heterocycles. The van der Waals surface area contributed by atoms with Gasteiger partial charge < -0.3 is 4.98 Å². The molecule has 0 amide bonds. The molecule has 0 aliphatic rings. The Bertz CT molecular complexity index is 1250. The second-order valence-corrected chi connectivity index (χ2v) is 8.03. The minimum atomic E-state index is -0.502. The van der Waals surface area contributed by atoms with Crippen molar-refractivity contribution < 1.29 is 0 Å². The third-order valence-electron chi connectivity index (χ3n) is 5.07. The number of aromatic amines is 1. The van der Waals surface area contributed by atoms with E-state index < -0.39 is 11.2 Å². The molecule has 10 nitrogen and oxygen atoms in total. The summed E-state index contributed by atoms with van der Waals surface area (Å²) in [7, 11) is 0. The average Bonchev–Trinajstić information content (AvgIpc) is 3.16. The van der Waals surface area contributed by atoms with Crippen LogP contribution in [0.15, 0.2) is 39.1 Å². The molecule has 0 saturated carbocycles. The summed E-state index contributed by atoms with van der Waals surface area (Å²) in [6.07, 6.45) is 2.16. The zero-order valence-corrected chi connectivity index (χ0v) is 19.1. The molecule has 0 saturated heterocycles. The van der Waals surface area contributed by atoms with Gasteiger partial charge in [0.05, 0.1) is 0 Å². The Morgan fingerprint density at radius 1 is 1.19 bits per heavy atom. The van der Waals surface area contributed by atoms with Crippen molar-refractivity contribution in [2.75, 3.05) is 6.54 Å². The summed E-state index contributed by atoms with van der Waals surface area (Å²) < 4.78 is 2.58. The number of benzene rings is 1. The topological polar surface area (TPSA) is 136 Å². The first-order valence-electron chi connectivity index (χ1n) is 10.2. The number of aryl methyl sites for hydroxylation is 1. The molecule has 2 heterocycles. The molecule has 3 rings (SSSR count). The van der Waals surface area contributed by atoms with Crippen LogP contribution in [0, 0.1) is 10.9 Å². The minimum absolute atomic E-state index is 0.0479. The van der Waals surface area contributed by atoms with E-state index in [9.17, 15) is 9.59 Å². The number of halogens is 2. The molecule has 0 bridgehead atoms. The van der Waals surface area contributed by atoms with Crippen molar-refractivity contribution in [3.05, 3.63) is 61.0 Å². The molecule has 0 fully saturated rings. The average molecular weight is 479 g/mol. The zero-order chi connectivity index (χ0) is 23.3.